The van der Waals surface area contributed by atoms with Gasteiger partial charge in [0.05, 0.1) is 0 Å². The minimum Gasteiger partial charge on any atom is -0.434 e. The van der Waals surface area contributed by atoms with Crippen molar-refractivity contribution in [1.82, 2.24) is 4.90 Å². The molecule has 1 saturated heterocycles. The van der Waals surface area contributed by atoms with Gasteiger partial charge >= 0.3 is 6.61 Å². The number of alkyl halides is 3. The van der Waals surface area contributed by atoms with E-state index in [1.807, 2.05) is 0 Å². The maximum atomic E-state index is 12.3. The molecule has 104 valence electrons. The summed E-state index contributed by atoms with van der Waals surface area (Å²) in [5, 5.41) is 0. The van der Waals surface area contributed by atoms with Gasteiger partial charge in [-0.3, -0.25) is 4.79 Å². The van der Waals surface area contributed by atoms with Crippen molar-refractivity contribution in [3.8, 4) is 5.75 Å². The number of benzene rings is 1. The molecule has 1 heterocycles. The van der Waals surface area contributed by atoms with Crippen molar-refractivity contribution in [2.75, 3.05) is 12.4 Å². The number of rotatable bonds is 5. The standard InChI is InChI=1S/C13H14ClF2NO2/c14-6-9-5-12(18)17(7-9)8-10-3-1-2-4-11(10)19-13(15)16/h1-4,9,13H,5-8H2. The Morgan fingerprint density at radius 2 is 2.16 bits per heavy atom. The summed E-state index contributed by atoms with van der Waals surface area (Å²) in [6.07, 6.45) is 0.418. The SMILES string of the molecule is O=C1CC(CCl)CN1Cc1ccccc1OC(F)F. The zero-order chi connectivity index (χ0) is 13.8. The Hall–Kier alpha value is -1.36. The summed E-state index contributed by atoms with van der Waals surface area (Å²) < 4.78 is 29.0. The quantitative estimate of drug-likeness (QED) is 0.780. The fourth-order valence-corrected chi connectivity index (χ4v) is 2.37. The van der Waals surface area contributed by atoms with Crippen LogP contribution in [0.1, 0.15) is 12.0 Å². The summed E-state index contributed by atoms with van der Waals surface area (Å²) in [6.45, 7) is -2.04. The Labute approximate surface area is 115 Å². The van der Waals surface area contributed by atoms with E-state index in [4.69, 9.17) is 11.6 Å². The van der Waals surface area contributed by atoms with Gasteiger partial charge in [0.15, 0.2) is 0 Å². The van der Waals surface area contributed by atoms with E-state index in [-0.39, 0.29) is 24.1 Å². The number of carbonyl (C=O) groups is 1. The third-order valence-electron chi connectivity index (χ3n) is 3.06. The number of amides is 1. The van der Waals surface area contributed by atoms with Gasteiger partial charge in [-0.2, -0.15) is 8.78 Å². The van der Waals surface area contributed by atoms with Crippen LogP contribution in [0.3, 0.4) is 0 Å². The molecule has 0 aromatic heterocycles. The first kappa shape index (κ1) is 14.1. The van der Waals surface area contributed by atoms with Crippen molar-refractivity contribution >= 4 is 17.5 Å². The number of hydrogen-bond donors (Lipinski definition) is 0. The van der Waals surface area contributed by atoms with Crippen molar-refractivity contribution in [1.29, 1.82) is 0 Å². The molecule has 19 heavy (non-hydrogen) atoms. The number of likely N-dealkylation sites (tertiary alicyclic amines) is 1. The molecular formula is C13H14ClF2NO2. The average molecular weight is 290 g/mol. The molecule has 1 aliphatic heterocycles. The summed E-state index contributed by atoms with van der Waals surface area (Å²) in [5.41, 5.74) is 0.575. The molecule has 3 nitrogen and oxygen atoms in total. The van der Waals surface area contributed by atoms with Crippen molar-refractivity contribution < 1.29 is 18.3 Å². The van der Waals surface area contributed by atoms with E-state index in [9.17, 15) is 13.6 Å². The number of halogens is 3. The van der Waals surface area contributed by atoms with E-state index in [1.165, 1.54) is 6.07 Å². The molecule has 0 radical (unpaired) electrons. The monoisotopic (exact) mass is 289 g/mol. The van der Waals surface area contributed by atoms with E-state index in [2.05, 4.69) is 4.74 Å². The highest BCUT2D eigenvalue weighted by Gasteiger charge is 2.29. The molecule has 0 bridgehead atoms. The summed E-state index contributed by atoms with van der Waals surface area (Å²) in [4.78, 5) is 13.4. The summed E-state index contributed by atoms with van der Waals surface area (Å²) in [6, 6.07) is 6.50. The lowest BCUT2D eigenvalue weighted by Gasteiger charge is -2.18. The predicted molar refractivity (Wildman–Crippen MR) is 67.3 cm³/mol. The second-order valence-corrected chi connectivity index (χ2v) is 4.79. The van der Waals surface area contributed by atoms with Gasteiger partial charge in [-0.05, 0) is 12.0 Å². The lowest BCUT2D eigenvalue weighted by atomic mass is 10.1. The summed E-state index contributed by atoms with van der Waals surface area (Å²) >= 11 is 5.74. The lowest BCUT2D eigenvalue weighted by molar-refractivity contribution is -0.128. The summed E-state index contributed by atoms with van der Waals surface area (Å²) in [5.74, 6) is 0.673. The van der Waals surface area contributed by atoms with Crippen molar-refractivity contribution in [3.63, 3.8) is 0 Å². The van der Waals surface area contributed by atoms with Gasteiger partial charge in [0.2, 0.25) is 5.91 Å². The smallest absolute Gasteiger partial charge is 0.387 e. The van der Waals surface area contributed by atoms with Gasteiger partial charge < -0.3 is 9.64 Å². The minimum absolute atomic E-state index is 0.00231. The Morgan fingerprint density at radius 3 is 2.79 bits per heavy atom. The molecule has 1 aromatic carbocycles. The molecule has 1 aromatic rings. The van der Waals surface area contributed by atoms with E-state index in [0.29, 0.717) is 24.4 Å². The van der Waals surface area contributed by atoms with Crippen molar-refractivity contribution in [2.45, 2.75) is 19.6 Å². The maximum absolute atomic E-state index is 12.3. The van der Waals surface area contributed by atoms with Crippen LogP contribution in [-0.4, -0.2) is 29.8 Å². The average Bonchev–Trinajstić information content (AvgIpc) is 2.72. The maximum Gasteiger partial charge on any atom is 0.387 e. The van der Waals surface area contributed by atoms with Gasteiger partial charge in [-0.25, -0.2) is 0 Å². The summed E-state index contributed by atoms with van der Waals surface area (Å²) in [7, 11) is 0. The van der Waals surface area contributed by atoms with E-state index < -0.39 is 6.61 Å². The molecule has 1 aliphatic rings. The number of nitrogens with zero attached hydrogens (tertiary/aromatic N) is 1. The Kier molecular flexibility index (Phi) is 4.58. The number of ether oxygens (including phenoxy) is 1. The third-order valence-corrected chi connectivity index (χ3v) is 3.50. The van der Waals surface area contributed by atoms with Crippen LogP contribution in [0.15, 0.2) is 24.3 Å². The zero-order valence-electron chi connectivity index (χ0n) is 10.2. The van der Waals surface area contributed by atoms with Crippen LogP contribution in [0.5, 0.6) is 5.75 Å². The fourth-order valence-electron chi connectivity index (χ4n) is 2.16. The van der Waals surface area contributed by atoms with Crippen LogP contribution >= 0.6 is 11.6 Å². The van der Waals surface area contributed by atoms with Gasteiger partial charge in [-0.1, -0.05) is 18.2 Å². The molecule has 1 unspecified atom stereocenters. The molecule has 1 atom stereocenters. The second-order valence-electron chi connectivity index (χ2n) is 4.48. The Balaban J connectivity index is 2.09. The molecular weight excluding hydrogens is 276 g/mol. The number of carbonyl (C=O) groups excluding carboxylic acids is 1. The highest BCUT2D eigenvalue weighted by Crippen LogP contribution is 2.26. The Bertz CT molecular complexity index is 456. The van der Waals surface area contributed by atoms with E-state index in [0.717, 1.165) is 0 Å². The first-order valence-corrected chi connectivity index (χ1v) is 6.50. The first-order chi connectivity index (χ1) is 9.10. The highest BCUT2D eigenvalue weighted by atomic mass is 35.5. The molecule has 0 saturated carbocycles. The van der Waals surface area contributed by atoms with Crippen LogP contribution < -0.4 is 4.74 Å². The van der Waals surface area contributed by atoms with Crippen LogP contribution in [0.25, 0.3) is 0 Å². The van der Waals surface area contributed by atoms with E-state index in [1.54, 1.807) is 23.1 Å². The van der Waals surface area contributed by atoms with Gasteiger partial charge in [0.1, 0.15) is 5.75 Å². The van der Waals surface area contributed by atoms with Crippen molar-refractivity contribution in [2.24, 2.45) is 5.92 Å². The number of para-hydroxylation sites is 1. The fraction of sp³-hybridized carbons (Fsp3) is 0.462. The zero-order valence-corrected chi connectivity index (χ0v) is 10.9. The number of hydrogen-bond acceptors (Lipinski definition) is 2. The topological polar surface area (TPSA) is 29.5 Å². The van der Waals surface area contributed by atoms with Crippen LogP contribution in [-0.2, 0) is 11.3 Å². The van der Waals surface area contributed by atoms with E-state index >= 15 is 0 Å². The van der Waals surface area contributed by atoms with Gasteiger partial charge in [0, 0.05) is 31.0 Å². The van der Waals surface area contributed by atoms with Gasteiger partial charge in [0.25, 0.3) is 0 Å². The molecule has 0 N–H and O–H groups in total. The predicted octanol–water partition coefficient (Wildman–Crippen LogP) is 2.88. The van der Waals surface area contributed by atoms with Crippen LogP contribution in [0, 0.1) is 5.92 Å². The second kappa shape index (κ2) is 6.19. The van der Waals surface area contributed by atoms with Crippen molar-refractivity contribution in [3.05, 3.63) is 29.8 Å². The van der Waals surface area contributed by atoms with Crippen LogP contribution in [0.2, 0.25) is 0 Å². The molecule has 1 fully saturated rings. The molecule has 1 amide bonds. The largest absolute Gasteiger partial charge is 0.434 e. The lowest BCUT2D eigenvalue weighted by Crippen LogP contribution is -2.25. The molecule has 0 spiro atoms. The minimum atomic E-state index is -2.87. The first-order valence-electron chi connectivity index (χ1n) is 5.96. The Morgan fingerprint density at radius 1 is 1.42 bits per heavy atom. The molecule has 0 aliphatic carbocycles. The highest BCUT2D eigenvalue weighted by molar-refractivity contribution is 6.18. The third kappa shape index (κ3) is 3.56. The molecule has 2 rings (SSSR count). The normalized spacial score (nSPS) is 19.3. The molecule has 6 heteroatoms. The van der Waals surface area contributed by atoms with Gasteiger partial charge in [-0.15, -0.1) is 11.6 Å². The van der Waals surface area contributed by atoms with Crippen LogP contribution in [0.4, 0.5) is 8.78 Å².